The summed E-state index contributed by atoms with van der Waals surface area (Å²) in [6.45, 7) is 1.62. The number of benzene rings is 1. The first kappa shape index (κ1) is 10.0. The molecule has 1 fully saturated rings. The normalized spacial score (nSPS) is 15.0. The van der Waals surface area contributed by atoms with Crippen molar-refractivity contribution >= 4 is 5.97 Å². The molecule has 1 aliphatic carbocycles. The van der Waals surface area contributed by atoms with E-state index in [-0.39, 0.29) is 18.3 Å². The quantitative estimate of drug-likeness (QED) is 0.772. The highest BCUT2D eigenvalue weighted by Crippen LogP contribution is 2.41. The first-order valence-electron chi connectivity index (χ1n) is 5.11. The van der Waals surface area contributed by atoms with Crippen LogP contribution in [0.1, 0.15) is 36.8 Å². The van der Waals surface area contributed by atoms with Gasteiger partial charge in [0.05, 0.1) is 0 Å². The van der Waals surface area contributed by atoms with Gasteiger partial charge in [0.2, 0.25) is 0 Å². The van der Waals surface area contributed by atoms with E-state index in [9.17, 15) is 9.90 Å². The van der Waals surface area contributed by atoms with Crippen LogP contribution in [0.4, 0.5) is 0 Å². The molecular formula is C12H14O3. The Morgan fingerprint density at radius 3 is 2.80 bits per heavy atom. The molecule has 1 aromatic carbocycles. The summed E-state index contributed by atoms with van der Waals surface area (Å²) in [4.78, 5) is 10.6. The molecule has 2 rings (SSSR count). The smallest absolute Gasteiger partial charge is 0.302 e. The van der Waals surface area contributed by atoms with Crippen LogP contribution in [-0.2, 0) is 16.1 Å². The minimum atomic E-state index is -0.300. The molecule has 1 N–H and O–H groups in total. The Kier molecular flexibility index (Phi) is 2.62. The monoisotopic (exact) mass is 206 g/mol. The van der Waals surface area contributed by atoms with Gasteiger partial charge in [-0.2, -0.15) is 0 Å². The van der Waals surface area contributed by atoms with Crippen LogP contribution in [0.3, 0.4) is 0 Å². The van der Waals surface area contributed by atoms with E-state index in [1.54, 1.807) is 12.1 Å². The fourth-order valence-electron chi connectivity index (χ4n) is 1.62. The van der Waals surface area contributed by atoms with Crippen LogP contribution in [-0.4, -0.2) is 11.1 Å². The summed E-state index contributed by atoms with van der Waals surface area (Å²) in [6, 6.07) is 5.42. The van der Waals surface area contributed by atoms with Gasteiger partial charge in [-0.25, -0.2) is 0 Å². The highest BCUT2D eigenvalue weighted by molar-refractivity contribution is 5.65. The fraction of sp³-hybridized carbons (Fsp3) is 0.417. The van der Waals surface area contributed by atoms with Gasteiger partial charge >= 0.3 is 5.97 Å². The summed E-state index contributed by atoms with van der Waals surface area (Å²) in [7, 11) is 0. The third kappa shape index (κ3) is 2.72. The number of carbonyl (C=O) groups excluding carboxylic acids is 1. The molecule has 3 heteroatoms. The highest BCUT2D eigenvalue weighted by atomic mass is 16.5. The van der Waals surface area contributed by atoms with Crippen LogP contribution in [0.25, 0.3) is 0 Å². The van der Waals surface area contributed by atoms with Gasteiger partial charge in [-0.05, 0) is 42.0 Å². The molecular weight excluding hydrogens is 192 g/mol. The summed E-state index contributed by atoms with van der Waals surface area (Å²) in [5, 5.41) is 9.50. The summed E-state index contributed by atoms with van der Waals surface area (Å²) >= 11 is 0. The zero-order chi connectivity index (χ0) is 10.8. The zero-order valence-electron chi connectivity index (χ0n) is 8.69. The maximum Gasteiger partial charge on any atom is 0.302 e. The molecule has 80 valence electrons. The van der Waals surface area contributed by atoms with E-state index in [1.165, 1.54) is 19.8 Å². The van der Waals surface area contributed by atoms with Crippen LogP contribution >= 0.6 is 0 Å². The molecule has 1 aromatic rings. The van der Waals surface area contributed by atoms with Crippen molar-refractivity contribution in [2.45, 2.75) is 32.3 Å². The molecule has 0 saturated heterocycles. The molecule has 1 saturated carbocycles. The predicted octanol–water partition coefficient (Wildman–Crippen LogP) is 2.33. The zero-order valence-corrected chi connectivity index (χ0v) is 8.69. The van der Waals surface area contributed by atoms with E-state index in [0.29, 0.717) is 5.92 Å². The van der Waals surface area contributed by atoms with Crippen LogP contribution in [0.2, 0.25) is 0 Å². The number of carbonyl (C=O) groups is 1. The summed E-state index contributed by atoms with van der Waals surface area (Å²) < 4.78 is 4.89. The molecule has 0 heterocycles. The fourth-order valence-corrected chi connectivity index (χ4v) is 1.62. The topological polar surface area (TPSA) is 46.5 Å². The van der Waals surface area contributed by atoms with Gasteiger partial charge in [0.25, 0.3) is 0 Å². The Hall–Kier alpha value is -1.51. The van der Waals surface area contributed by atoms with E-state index < -0.39 is 0 Å². The minimum absolute atomic E-state index is 0.240. The third-order valence-corrected chi connectivity index (χ3v) is 2.49. The molecule has 1 aliphatic rings. The number of aromatic hydroxyl groups is 1. The largest absolute Gasteiger partial charge is 0.508 e. The van der Waals surface area contributed by atoms with Gasteiger partial charge in [0, 0.05) is 6.92 Å². The Bertz CT molecular complexity index is 380. The van der Waals surface area contributed by atoms with E-state index in [1.807, 2.05) is 6.07 Å². The molecule has 0 aromatic heterocycles. The van der Waals surface area contributed by atoms with Crippen LogP contribution in [0.15, 0.2) is 18.2 Å². The van der Waals surface area contributed by atoms with Crippen molar-refractivity contribution in [2.75, 3.05) is 0 Å². The number of esters is 1. The van der Waals surface area contributed by atoms with Crippen molar-refractivity contribution in [3.63, 3.8) is 0 Å². The number of phenols is 1. The predicted molar refractivity (Wildman–Crippen MR) is 55.6 cm³/mol. The minimum Gasteiger partial charge on any atom is -0.508 e. The number of phenolic OH excluding ortho intramolecular Hbond substituents is 1. The average molecular weight is 206 g/mol. The van der Waals surface area contributed by atoms with E-state index in [4.69, 9.17) is 4.74 Å². The van der Waals surface area contributed by atoms with Crippen molar-refractivity contribution in [2.24, 2.45) is 0 Å². The lowest BCUT2D eigenvalue weighted by Crippen LogP contribution is -1.99. The number of ether oxygens (including phenoxy) is 1. The van der Waals surface area contributed by atoms with E-state index in [2.05, 4.69) is 0 Å². The second-order valence-corrected chi connectivity index (χ2v) is 3.99. The van der Waals surface area contributed by atoms with Crippen LogP contribution in [0.5, 0.6) is 5.75 Å². The maximum absolute atomic E-state index is 10.6. The highest BCUT2D eigenvalue weighted by Gasteiger charge is 2.24. The lowest BCUT2D eigenvalue weighted by atomic mass is 10.1. The first-order chi connectivity index (χ1) is 7.15. The molecule has 0 unspecified atom stereocenters. The molecule has 0 spiro atoms. The second-order valence-electron chi connectivity index (χ2n) is 3.99. The first-order valence-corrected chi connectivity index (χ1v) is 5.11. The van der Waals surface area contributed by atoms with E-state index in [0.717, 1.165) is 11.1 Å². The van der Waals surface area contributed by atoms with Crippen LogP contribution < -0.4 is 0 Å². The Balaban J connectivity index is 2.12. The second kappa shape index (κ2) is 3.93. The number of rotatable bonds is 3. The molecule has 0 bridgehead atoms. The lowest BCUT2D eigenvalue weighted by molar-refractivity contribution is -0.142. The van der Waals surface area contributed by atoms with Crippen molar-refractivity contribution in [1.29, 1.82) is 0 Å². The Morgan fingerprint density at radius 2 is 2.20 bits per heavy atom. The molecule has 3 nitrogen and oxygen atoms in total. The molecule has 0 amide bonds. The SMILES string of the molecule is CC(=O)OCc1cc(O)cc(C2CC2)c1. The van der Waals surface area contributed by atoms with Crippen molar-refractivity contribution in [3.8, 4) is 5.75 Å². The van der Waals surface area contributed by atoms with Gasteiger partial charge in [-0.15, -0.1) is 0 Å². The summed E-state index contributed by atoms with van der Waals surface area (Å²) in [5.74, 6) is 0.543. The van der Waals surface area contributed by atoms with Crippen molar-refractivity contribution < 1.29 is 14.6 Å². The number of hydrogen-bond donors (Lipinski definition) is 1. The van der Waals surface area contributed by atoms with Gasteiger partial charge in [0.15, 0.2) is 0 Å². The van der Waals surface area contributed by atoms with Gasteiger partial charge in [-0.3, -0.25) is 4.79 Å². The Morgan fingerprint density at radius 1 is 1.47 bits per heavy atom. The van der Waals surface area contributed by atoms with Crippen LogP contribution in [0, 0.1) is 0 Å². The van der Waals surface area contributed by atoms with Gasteiger partial charge < -0.3 is 9.84 Å². The summed E-state index contributed by atoms with van der Waals surface area (Å²) in [5.41, 5.74) is 2.00. The van der Waals surface area contributed by atoms with Gasteiger partial charge in [-0.1, -0.05) is 6.07 Å². The van der Waals surface area contributed by atoms with E-state index >= 15 is 0 Å². The number of hydrogen-bond acceptors (Lipinski definition) is 3. The van der Waals surface area contributed by atoms with Crippen molar-refractivity contribution in [3.05, 3.63) is 29.3 Å². The third-order valence-electron chi connectivity index (χ3n) is 2.49. The molecule has 0 radical (unpaired) electrons. The maximum atomic E-state index is 10.6. The lowest BCUT2D eigenvalue weighted by Gasteiger charge is -2.06. The summed E-state index contributed by atoms with van der Waals surface area (Å²) in [6.07, 6.45) is 2.38. The average Bonchev–Trinajstić information content (AvgIpc) is 2.97. The standard InChI is InChI=1S/C12H14O3/c1-8(13)15-7-9-4-11(10-2-3-10)6-12(14)5-9/h4-6,10,14H,2-3,7H2,1H3. The molecule has 0 aliphatic heterocycles. The van der Waals surface area contributed by atoms with Crippen molar-refractivity contribution in [1.82, 2.24) is 0 Å². The molecule has 0 atom stereocenters. The Labute approximate surface area is 88.7 Å². The van der Waals surface area contributed by atoms with Gasteiger partial charge in [0.1, 0.15) is 12.4 Å². The molecule has 15 heavy (non-hydrogen) atoms.